The van der Waals surface area contributed by atoms with Crippen LogP contribution in [0.15, 0.2) is 78.9 Å². The molecule has 3 aromatic carbocycles. The van der Waals surface area contributed by atoms with Gasteiger partial charge in [0.25, 0.3) is 5.91 Å². The van der Waals surface area contributed by atoms with Crippen LogP contribution in [0.4, 0.5) is 30.2 Å². The van der Waals surface area contributed by atoms with Crippen LogP contribution in [0.1, 0.15) is 28.8 Å². The van der Waals surface area contributed by atoms with Crippen molar-refractivity contribution in [1.29, 1.82) is 0 Å². The monoisotopic (exact) mass is 496 g/mol. The van der Waals surface area contributed by atoms with Crippen molar-refractivity contribution in [1.82, 2.24) is 10.2 Å². The van der Waals surface area contributed by atoms with Crippen molar-refractivity contribution in [3.8, 4) is 0 Å². The van der Waals surface area contributed by atoms with Gasteiger partial charge in [0.1, 0.15) is 0 Å². The lowest BCUT2D eigenvalue weighted by Crippen LogP contribution is -2.46. The van der Waals surface area contributed by atoms with Crippen molar-refractivity contribution >= 4 is 28.9 Å². The Balaban J connectivity index is 1.23. The highest BCUT2D eigenvalue weighted by Gasteiger charge is 2.34. The Bertz CT molecular complexity index is 1180. The molecule has 3 N–H and O–H groups in total. The van der Waals surface area contributed by atoms with Gasteiger partial charge in [-0.2, -0.15) is 13.2 Å². The van der Waals surface area contributed by atoms with Gasteiger partial charge in [0.15, 0.2) is 0 Å². The predicted octanol–water partition coefficient (Wildman–Crippen LogP) is 5.28. The minimum absolute atomic E-state index is 0.0482. The quantitative estimate of drug-likeness (QED) is 0.416. The van der Waals surface area contributed by atoms with Gasteiger partial charge in [-0.1, -0.05) is 30.3 Å². The average Bonchev–Trinajstić information content (AvgIpc) is 2.88. The maximum absolute atomic E-state index is 13.2. The molecule has 0 aromatic heterocycles. The van der Waals surface area contributed by atoms with E-state index in [0.29, 0.717) is 31.5 Å². The van der Waals surface area contributed by atoms with E-state index in [4.69, 9.17) is 0 Å². The molecule has 3 aromatic rings. The molecule has 1 aliphatic heterocycles. The fraction of sp³-hybridized carbons (Fsp3) is 0.259. The maximum Gasteiger partial charge on any atom is 0.418 e. The molecule has 0 bridgehead atoms. The summed E-state index contributed by atoms with van der Waals surface area (Å²) in [6.45, 7) is 0.665. The van der Waals surface area contributed by atoms with Crippen LogP contribution in [0, 0.1) is 0 Å². The van der Waals surface area contributed by atoms with Crippen LogP contribution in [-0.4, -0.2) is 42.4 Å². The summed E-state index contributed by atoms with van der Waals surface area (Å²) in [5.41, 5.74) is 1.56. The third-order valence-electron chi connectivity index (χ3n) is 6.05. The topological polar surface area (TPSA) is 73.5 Å². The summed E-state index contributed by atoms with van der Waals surface area (Å²) in [5.74, 6) is -0.574. The first-order valence-electron chi connectivity index (χ1n) is 11.7. The van der Waals surface area contributed by atoms with Crippen molar-refractivity contribution in [3.63, 3.8) is 0 Å². The molecule has 0 saturated carbocycles. The van der Waals surface area contributed by atoms with E-state index in [9.17, 15) is 22.8 Å². The van der Waals surface area contributed by atoms with Gasteiger partial charge < -0.3 is 20.9 Å². The number of para-hydroxylation sites is 2. The summed E-state index contributed by atoms with van der Waals surface area (Å²) in [7, 11) is 0. The average molecular weight is 497 g/mol. The van der Waals surface area contributed by atoms with Gasteiger partial charge in [-0.05, 0) is 61.4 Å². The normalized spacial score (nSPS) is 14.2. The second kappa shape index (κ2) is 11.2. The smallest absolute Gasteiger partial charge is 0.382 e. The molecular formula is C27H27F3N4O2. The number of alkyl halides is 3. The van der Waals surface area contributed by atoms with Gasteiger partial charge in [-0.15, -0.1) is 0 Å². The first-order valence-corrected chi connectivity index (χ1v) is 11.7. The zero-order valence-electron chi connectivity index (χ0n) is 19.5. The minimum Gasteiger partial charge on any atom is -0.382 e. The third-order valence-corrected chi connectivity index (χ3v) is 6.05. The third kappa shape index (κ3) is 6.56. The van der Waals surface area contributed by atoms with E-state index in [2.05, 4.69) is 16.0 Å². The van der Waals surface area contributed by atoms with Crippen LogP contribution in [0.25, 0.3) is 0 Å². The zero-order chi connectivity index (χ0) is 25.5. The molecule has 1 saturated heterocycles. The molecule has 2 amide bonds. The summed E-state index contributed by atoms with van der Waals surface area (Å²) >= 11 is 0. The Labute approximate surface area is 207 Å². The molecule has 1 heterocycles. The fourth-order valence-corrected chi connectivity index (χ4v) is 4.11. The van der Waals surface area contributed by atoms with E-state index in [0.717, 1.165) is 17.4 Å². The fourth-order valence-electron chi connectivity index (χ4n) is 4.11. The number of anilines is 3. The van der Waals surface area contributed by atoms with E-state index >= 15 is 0 Å². The number of benzene rings is 3. The molecular weight excluding hydrogens is 469 g/mol. The first kappa shape index (κ1) is 25.1. The highest BCUT2D eigenvalue weighted by molar-refractivity contribution is 5.96. The van der Waals surface area contributed by atoms with E-state index in [1.807, 2.05) is 30.3 Å². The summed E-state index contributed by atoms with van der Waals surface area (Å²) in [5, 5.41) is 8.86. The van der Waals surface area contributed by atoms with Crippen molar-refractivity contribution in [2.24, 2.45) is 0 Å². The Hall–Kier alpha value is -4.01. The number of amides is 2. The molecule has 9 heteroatoms. The van der Waals surface area contributed by atoms with Crippen molar-refractivity contribution in [3.05, 3.63) is 90.0 Å². The highest BCUT2D eigenvalue weighted by atomic mass is 19.4. The number of hydrogen-bond acceptors (Lipinski definition) is 4. The summed E-state index contributed by atoms with van der Waals surface area (Å²) in [6.07, 6.45) is -3.40. The molecule has 4 rings (SSSR count). The largest absolute Gasteiger partial charge is 0.418 e. The first-order chi connectivity index (χ1) is 17.3. The Kier molecular flexibility index (Phi) is 7.77. The molecule has 0 spiro atoms. The number of rotatable bonds is 7. The molecule has 36 heavy (non-hydrogen) atoms. The van der Waals surface area contributed by atoms with Crippen LogP contribution < -0.4 is 16.0 Å². The lowest BCUT2D eigenvalue weighted by atomic mass is 10.0. The zero-order valence-corrected chi connectivity index (χ0v) is 19.5. The molecule has 188 valence electrons. The summed E-state index contributed by atoms with van der Waals surface area (Å²) in [4.78, 5) is 26.7. The number of piperidine rings is 1. The second-order valence-corrected chi connectivity index (χ2v) is 8.59. The van der Waals surface area contributed by atoms with Gasteiger partial charge in [-0.25, -0.2) is 0 Å². The Morgan fingerprint density at radius 1 is 0.833 bits per heavy atom. The molecule has 0 atom stereocenters. The number of halogens is 3. The molecule has 0 unspecified atom stereocenters. The number of hydrogen-bond donors (Lipinski definition) is 3. The van der Waals surface area contributed by atoms with Crippen LogP contribution in [0.5, 0.6) is 0 Å². The van der Waals surface area contributed by atoms with Gasteiger partial charge in [0, 0.05) is 41.8 Å². The van der Waals surface area contributed by atoms with Gasteiger partial charge in [-0.3, -0.25) is 9.59 Å². The van der Waals surface area contributed by atoms with Gasteiger partial charge in [0.2, 0.25) is 5.91 Å². The van der Waals surface area contributed by atoms with Crippen molar-refractivity contribution in [2.45, 2.75) is 25.1 Å². The molecule has 0 radical (unpaired) electrons. The summed E-state index contributed by atoms with van der Waals surface area (Å²) < 4.78 is 39.7. The number of nitrogens with one attached hydrogen (secondary N) is 3. The van der Waals surface area contributed by atoms with Crippen LogP contribution in [-0.2, 0) is 11.0 Å². The summed E-state index contributed by atoms with van der Waals surface area (Å²) in [6, 6.07) is 21.8. The highest BCUT2D eigenvalue weighted by Crippen LogP contribution is 2.35. The molecule has 6 nitrogen and oxygen atoms in total. The SMILES string of the molecule is O=C(NCC(=O)N1CCC(Nc2ccccc2C(F)(F)F)CC1)c1ccc(Nc2ccccc2)cc1. The number of likely N-dealkylation sites (tertiary alicyclic amines) is 1. The minimum atomic E-state index is -4.43. The molecule has 0 aliphatic carbocycles. The number of carbonyl (C=O) groups is 2. The van der Waals surface area contributed by atoms with Crippen LogP contribution in [0.3, 0.4) is 0 Å². The van der Waals surface area contributed by atoms with E-state index < -0.39 is 11.7 Å². The van der Waals surface area contributed by atoms with Crippen molar-refractivity contribution < 1.29 is 22.8 Å². The second-order valence-electron chi connectivity index (χ2n) is 8.59. The van der Waals surface area contributed by atoms with Crippen LogP contribution >= 0.6 is 0 Å². The Morgan fingerprint density at radius 3 is 2.11 bits per heavy atom. The van der Waals surface area contributed by atoms with Crippen LogP contribution in [0.2, 0.25) is 0 Å². The van der Waals surface area contributed by atoms with Gasteiger partial charge >= 0.3 is 6.18 Å². The predicted molar refractivity (Wildman–Crippen MR) is 133 cm³/mol. The van der Waals surface area contributed by atoms with E-state index in [1.54, 1.807) is 35.2 Å². The van der Waals surface area contributed by atoms with Crippen molar-refractivity contribution in [2.75, 3.05) is 30.3 Å². The van der Waals surface area contributed by atoms with E-state index in [-0.39, 0.29) is 30.1 Å². The maximum atomic E-state index is 13.2. The van der Waals surface area contributed by atoms with E-state index in [1.165, 1.54) is 12.1 Å². The number of carbonyl (C=O) groups excluding carboxylic acids is 2. The Morgan fingerprint density at radius 2 is 1.44 bits per heavy atom. The number of nitrogens with zero attached hydrogens (tertiary/aromatic N) is 1. The van der Waals surface area contributed by atoms with Gasteiger partial charge in [0.05, 0.1) is 12.1 Å². The standard InChI is InChI=1S/C27H27F3N4O2/c28-27(29,30)23-8-4-5-9-24(23)33-22-14-16-34(17-15-22)25(35)18-31-26(36)19-10-12-21(13-11-19)32-20-6-2-1-3-7-20/h1-13,22,32-33H,14-18H2,(H,31,36). The molecule has 1 fully saturated rings. The lowest BCUT2D eigenvalue weighted by Gasteiger charge is -2.33. The lowest BCUT2D eigenvalue weighted by molar-refractivity contribution is -0.137. The molecule has 1 aliphatic rings.